The normalized spacial score (nSPS) is 10.9. The summed E-state index contributed by atoms with van der Waals surface area (Å²) >= 11 is 13.8. The number of pyridine rings is 1. The molecule has 8 heteroatoms. The van der Waals surface area contributed by atoms with Crippen molar-refractivity contribution in [3.05, 3.63) is 63.7 Å². The van der Waals surface area contributed by atoms with Gasteiger partial charge in [-0.25, -0.2) is 9.97 Å². The smallest absolute Gasteiger partial charge is 0.163 e. The summed E-state index contributed by atoms with van der Waals surface area (Å²) in [7, 11) is 1.59. The fourth-order valence-electron chi connectivity index (χ4n) is 2.66. The van der Waals surface area contributed by atoms with Crippen molar-refractivity contribution >= 4 is 50.6 Å². The van der Waals surface area contributed by atoms with Crippen LogP contribution < -0.4 is 10.1 Å². The van der Waals surface area contributed by atoms with Crippen LogP contribution in [-0.2, 0) is 6.54 Å². The van der Waals surface area contributed by atoms with E-state index >= 15 is 0 Å². The van der Waals surface area contributed by atoms with Gasteiger partial charge in [0, 0.05) is 24.5 Å². The molecule has 0 amide bonds. The zero-order valence-electron chi connectivity index (χ0n) is 14.2. The van der Waals surface area contributed by atoms with E-state index in [1.165, 1.54) is 11.3 Å². The zero-order chi connectivity index (χ0) is 18.8. The van der Waals surface area contributed by atoms with Gasteiger partial charge in [-0.15, -0.1) is 11.3 Å². The van der Waals surface area contributed by atoms with Crippen LogP contribution in [0.2, 0.25) is 9.36 Å². The summed E-state index contributed by atoms with van der Waals surface area (Å²) in [5, 5.41) is 4.84. The molecule has 136 valence electrons. The van der Waals surface area contributed by atoms with E-state index in [4.69, 9.17) is 32.9 Å². The first-order valence-electron chi connectivity index (χ1n) is 8.08. The van der Waals surface area contributed by atoms with Gasteiger partial charge in [-0.1, -0.05) is 29.3 Å². The first-order valence-corrected chi connectivity index (χ1v) is 9.65. The number of anilines is 1. The van der Waals surface area contributed by atoms with Crippen molar-refractivity contribution in [2.75, 3.05) is 12.4 Å². The Bertz CT molecular complexity index is 1100. The second-order valence-electron chi connectivity index (χ2n) is 5.72. The second-order valence-corrected chi connectivity index (χ2v) is 7.79. The average Bonchev–Trinajstić information content (AvgIpc) is 3.07. The topological polar surface area (TPSA) is 59.9 Å². The molecule has 0 spiro atoms. The molecule has 5 nitrogen and oxygen atoms in total. The van der Waals surface area contributed by atoms with Crippen LogP contribution in [-0.4, -0.2) is 22.1 Å². The summed E-state index contributed by atoms with van der Waals surface area (Å²) in [5.74, 6) is 2.00. The quantitative estimate of drug-likeness (QED) is 0.453. The van der Waals surface area contributed by atoms with Gasteiger partial charge in [-0.05, 0) is 35.9 Å². The summed E-state index contributed by atoms with van der Waals surface area (Å²) in [4.78, 5) is 14.2. The minimum Gasteiger partial charge on any atom is -0.495 e. The van der Waals surface area contributed by atoms with E-state index in [9.17, 15) is 0 Å². The van der Waals surface area contributed by atoms with E-state index < -0.39 is 0 Å². The molecule has 0 aliphatic rings. The number of fused-ring (bicyclic) bond motifs is 1. The van der Waals surface area contributed by atoms with Gasteiger partial charge in [0.15, 0.2) is 5.82 Å². The van der Waals surface area contributed by atoms with Crippen LogP contribution >= 0.6 is 34.5 Å². The minimum atomic E-state index is 0.555. The van der Waals surface area contributed by atoms with Gasteiger partial charge < -0.3 is 10.1 Å². The Morgan fingerprint density at radius 1 is 1.07 bits per heavy atom. The van der Waals surface area contributed by atoms with Crippen LogP contribution in [0.1, 0.15) is 5.56 Å². The second kappa shape index (κ2) is 7.68. The fourth-order valence-corrected chi connectivity index (χ4v) is 4.03. The summed E-state index contributed by atoms with van der Waals surface area (Å²) in [5.41, 5.74) is 1.91. The molecule has 0 bridgehead atoms. The monoisotopic (exact) mass is 416 g/mol. The lowest BCUT2D eigenvalue weighted by atomic mass is 10.2. The Balaban J connectivity index is 1.69. The van der Waals surface area contributed by atoms with E-state index in [2.05, 4.69) is 15.3 Å². The number of rotatable bonds is 5. The van der Waals surface area contributed by atoms with E-state index in [0.717, 1.165) is 27.2 Å². The summed E-state index contributed by atoms with van der Waals surface area (Å²) in [6.07, 6.45) is 3.44. The van der Waals surface area contributed by atoms with Crippen LogP contribution in [0, 0.1) is 0 Å². The Morgan fingerprint density at radius 3 is 2.63 bits per heavy atom. The van der Waals surface area contributed by atoms with Gasteiger partial charge in [0.1, 0.15) is 16.4 Å². The number of aromatic nitrogens is 3. The molecule has 1 aromatic carbocycles. The highest BCUT2D eigenvalue weighted by Crippen LogP contribution is 2.34. The molecule has 4 aromatic rings. The number of nitrogens with one attached hydrogen (secondary N) is 1. The highest BCUT2D eigenvalue weighted by molar-refractivity contribution is 7.22. The highest BCUT2D eigenvalue weighted by Gasteiger charge is 2.13. The van der Waals surface area contributed by atoms with Crippen molar-refractivity contribution in [3.8, 4) is 17.1 Å². The lowest BCUT2D eigenvalue weighted by Gasteiger charge is -2.10. The third-order valence-electron chi connectivity index (χ3n) is 3.98. The van der Waals surface area contributed by atoms with Crippen LogP contribution in [0.4, 0.5) is 5.82 Å². The van der Waals surface area contributed by atoms with Crippen LogP contribution in [0.15, 0.2) is 48.8 Å². The van der Waals surface area contributed by atoms with E-state index in [1.807, 2.05) is 36.4 Å². The van der Waals surface area contributed by atoms with Crippen LogP contribution in [0.3, 0.4) is 0 Å². The summed E-state index contributed by atoms with van der Waals surface area (Å²) in [6, 6.07) is 11.3. The van der Waals surface area contributed by atoms with Crippen molar-refractivity contribution in [2.24, 2.45) is 0 Å². The predicted octanol–water partition coefficient (Wildman–Crippen LogP) is 5.68. The Kier molecular flexibility index (Phi) is 5.11. The standard InChI is InChI=1S/C19H14Cl2N4OS/c1-26-15-3-2-11(8-14(15)20)10-23-18-13-9-16(21)27-19(13)25-17(24-18)12-4-6-22-7-5-12/h2-9H,10H2,1H3,(H,23,24,25). The van der Waals surface area contributed by atoms with Crippen molar-refractivity contribution in [1.82, 2.24) is 15.0 Å². The molecule has 3 aromatic heterocycles. The Labute approximate surface area is 170 Å². The lowest BCUT2D eigenvalue weighted by molar-refractivity contribution is 0.415. The number of methoxy groups -OCH3 is 1. The molecule has 0 atom stereocenters. The van der Waals surface area contributed by atoms with Gasteiger partial charge in [0.25, 0.3) is 0 Å². The van der Waals surface area contributed by atoms with E-state index in [0.29, 0.717) is 27.5 Å². The van der Waals surface area contributed by atoms with Gasteiger partial charge in [0.2, 0.25) is 0 Å². The molecule has 0 saturated heterocycles. The third-order valence-corrected chi connectivity index (χ3v) is 5.43. The van der Waals surface area contributed by atoms with Gasteiger partial charge >= 0.3 is 0 Å². The van der Waals surface area contributed by atoms with Gasteiger partial charge in [-0.2, -0.15) is 0 Å². The summed E-state index contributed by atoms with van der Waals surface area (Å²) < 4.78 is 5.86. The van der Waals surface area contributed by atoms with E-state index in [-0.39, 0.29) is 0 Å². The molecule has 1 N–H and O–H groups in total. The van der Waals surface area contributed by atoms with Gasteiger partial charge in [0.05, 0.1) is 21.9 Å². The minimum absolute atomic E-state index is 0.555. The molecule has 0 fully saturated rings. The van der Waals surface area contributed by atoms with Crippen molar-refractivity contribution in [3.63, 3.8) is 0 Å². The molecular formula is C19H14Cl2N4OS. The van der Waals surface area contributed by atoms with Crippen molar-refractivity contribution < 1.29 is 4.74 Å². The highest BCUT2D eigenvalue weighted by atomic mass is 35.5. The number of hydrogen-bond acceptors (Lipinski definition) is 6. The number of halogens is 2. The maximum Gasteiger partial charge on any atom is 0.163 e. The molecule has 0 aliphatic heterocycles. The van der Waals surface area contributed by atoms with Crippen molar-refractivity contribution in [2.45, 2.75) is 6.54 Å². The molecule has 4 rings (SSSR count). The number of nitrogens with zero attached hydrogens (tertiary/aromatic N) is 3. The average molecular weight is 417 g/mol. The van der Waals surface area contributed by atoms with Crippen LogP contribution in [0.25, 0.3) is 21.6 Å². The third kappa shape index (κ3) is 3.83. The van der Waals surface area contributed by atoms with E-state index in [1.54, 1.807) is 19.5 Å². The SMILES string of the molecule is COc1ccc(CNc2nc(-c3ccncc3)nc3sc(Cl)cc23)cc1Cl. The predicted molar refractivity (Wildman–Crippen MR) is 111 cm³/mol. The van der Waals surface area contributed by atoms with Crippen molar-refractivity contribution in [1.29, 1.82) is 0 Å². The first kappa shape index (κ1) is 18.0. The Morgan fingerprint density at radius 2 is 1.89 bits per heavy atom. The Hall–Kier alpha value is -2.41. The number of hydrogen-bond donors (Lipinski definition) is 1. The molecule has 0 aliphatic carbocycles. The number of thiophene rings is 1. The zero-order valence-corrected chi connectivity index (χ0v) is 16.6. The molecular weight excluding hydrogens is 403 g/mol. The maximum absolute atomic E-state index is 6.21. The molecule has 0 radical (unpaired) electrons. The van der Waals surface area contributed by atoms with Gasteiger partial charge in [-0.3, -0.25) is 4.98 Å². The van der Waals surface area contributed by atoms with Crippen LogP contribution in [0.5, 0.6) is 5.75 Å². The fraction of sp³-hybridized carbons (Fsp3) is 0.105. The maximum atomic E-state index is 6.21. The summed E-state index contributed by atoms with van der Waals surface area (Å²) in [6.45, 7) is 0.555. The molecule has 3 heterocycles. The molecule has 0 saturated carbocycles. The molecule has 27 heavy (non-hydrogen) atoms. The number of benzene rings is 1. The lowest BCUT2D eigenvalue weighted by Crippen LogP contribution is -2.03. The first-order chi connectivity index (χ1) is 13.1. The molecule has 0 unspecified atom stereocenters. The largest absolute Gasteiger partial charge is 0.495 e. The number of ether oxygens (including phenoxy) is 1.